The van der Waals surface area contributed by atoms with Gasteiger partial charge in [0.25, 0.3) is 0 Å². The van der Waals surface area contributed by atoms with Crippen molar-refractivity contribution in [2.24, 2.45) is 5.92 Å². The molecule has 0 saturated heterocycles. The molecule has 0 saturated carbocycles. The maximum atomic E-state index is 5.65. The van der Waals surface area contributed by atoms with Gasteiger partial charge in [0.15, 0.2) is 0 Å². The molecule has 0 amide bonds. The lowest BCUT2D eigenvalue weighted by Gasteiger charge is -2.08. The van der Waals surface area contributed by atoms with Crippen LogP contribution in [-0.2, 0) is 6.54 Å². The SMILES string of the molecule is CCCNCc1ccc(OCCCC(C)C)cn1. The lowest BCUT2D eigenvalue weighted by Crippen LogP contribution is -2.14. The Balaban J connectivity index is 2.23. The molecule has 102 valence electrons. The summed E-state index contributed by atoms with van der Waals surface area (Å²) in [5.41, 5.74) is 1.07. The van der Waals surface area contributed by atoms with Gasteiger partial charge in [0.2, 0.25) is 0 Å². The first-order valence-electron chi connectivity index (χ1n) is 7.00. The summed E-state index contributed by atoms with van der Waals surface area (Å²) in [6.45, 7) is 9.29. The topological polar surface area (TPSA) is 34.1 Å². The molecule has 1 aromatic heterocycles. The highest BCUT2D eigenvalue weighted by molar-refractivity contribution is 5.19. The van der Waals surface area contributed by atoms with Gasteiger partial charge in [-0.25, -0.2) is 0 Å². The van der Waals surface area contributed by atoms with Crippen molar-refractivity contribution in [2.75, 3.05) is 13.2 Å². The molecule has 0 atom stereocenters. The fourth-order valence-corrected chi connectivity index (χ4v) is 1.68. The summed E-state index contributed by atoms with van der Waals surface area (Å²) in [6.07, 6.45) is 5.29. The Bertz CT molecular complexity index is 309. The van der Waals surface area contributed by atoms with Crippen molar-refractivity contribution in [2.45, 2.75) is 46.6 Å². The van der Waals surface area contributed by atoms with E-state index in [0.717, 1.165) is 49.9 Å². The van der Waals surface area contributed by atoms with Crippen LogP contribution in [0.2, 0.25) is 0 Å². The minimum atomic E-state index is 0.749. The quantitative estimate of drug-likeness (QED) is 0.682. The Morgan fingerprint density at radius 2 is 2.17 bits per heavy atom. The standard InChI is InChI=1S/C15H26N2O/c1-4-9-16-11-14-7-8-15(12-17-14)18-10-5-6-13(2)3/h7-8,12-13,16H,4-6,9-11H2,1-3H3. The van der Waals surface area contributed by atoms with Crippen LogP contribution in [0.4, 0.5) is 0 Å². The molecule has 1 heterocycles. The molecular weight excluding hydrogens is 224 g/mol. The van der Waals surface area contributed by atoms with Crippen molar-refractivity contribution in [1.82, 2.24) is 10.3 Å². The molecule has 0 aliphatic carbocycles. The molecule has 0 radical (unpaired) electrons. The number of pyridine rings is 1. The van der Waals surface area contributed by atoms with E-state index >= 15 is 0 Å². The highest BCUT2D eigenvalue weighted by atomic mass is 16.5. The Morgan fingerprint density at radius 1 is 1.33 bits per heavy atom. The fraction of sp³-hybridized carbons (Fsp3) is 0.667. The van der Waals surface area contributed by atoms with Crippen molar-refractivity contribution in [1.29, 1.82) is 0 Å². The molecule has 0 fully saturated rings. The number of rotatable bonds is 9. The normalized spacial score (nSPS) is 10.9. The molecule has 0 spiro atoms. The number of hydrogen-bond acceptors (Lipinski definition) is 3. The molecule has 3 nitrogen and oxygen atoms in total. The smallest absolute Gasteiger partial charge is 0.137 e. The summed E-state index contributed by atoms with van der Waals surface area (Å²) in [7, 11) is 0. The van der Waals surface area contributed by atoms with Gasteiger partial charge in [-0.3, -0.25) is 4.98 Å². The van der Waals surface area contributed by atoms with Gasteiger partial charge in [0.05, 0.1) is 18.5 Å². The van der Waals surface area contributed by atoms with Gasteiger partial charge < -0.3 is 10.1 Å². The van der Waals surface area contributed by atoms with Crippen molar-refractivity contribution < 1.29 is 4.74 Å². The van der Waals surface area contributed by atoms with Crippen LogP contribution in [0, 0.1) is 5.92 Å². The van der Waals surface area contributed by atoms with Crippen LogP contribution in [0.3, 0.4) is 0 Å². The van der Waals surface area contributed by atoms with Crippen LogP contribution >= 0.6 is 0 Å². The molecule has 1 N–H and O–H groups in total. The van der Waals surface area contributed by atoms with Crippen LogP contribution in [0.1, 0.15) is 45.7 Å². The summed E-state index contributed by atoms with van der Waals surface area (Å²) in [6, 6.07) is 4.03. The highest BCUT2D eigenvalue weighted by Gasteiger charge is 1.98. The summed E-state index contributed by atoms with van der Waals surface area (Å²) in [5.74, 6) is 1.62. The van der Waals surface area contributed by atoms with Gasteiger partial charge in [0, 0.05) is 6.54 Å². The molecule has 18 heavy (non-hydrogen) atoms. The minimum absolute atomic E-state index is 0.749. The van der Waals surface area contributed by atoms with E-state index in [-0.39, 0.29) is 0 Å². The maximum Gasteiger partial charge on any atom is 0.137 e. The van der Waals surface area contributed by atoms with Crippen LogP contribution in [0.25, 0.3) is 0 Å². The second kappa shape index (κ2) is 8.92. The van der Waals surface area contributed by atoms with E-state index in [1.165, 1.54) is 6.42 Å². The van der Waals surface area contributed by atoms with Gasteiger partial charge >= 0.3 is 0 Å². The molecule has 1 aromatic rings. The predicted octanol–water partition coefficient (Wildman–Crippen LogP) is 3.40. The number of ether oxygens (including phenoxy) is 1. The van der Waals surface area contributed by atoms with Crippen LogP contribution in [0.15, 0.2) is 18.3 Å². The Morgan fingerprint density at radius 3 is 2.78 bits per heavy atom. The number of hydrogen-bond donors (Lipinski definition) is 1. The second-order valence-electron chi connectivity index (χ2n) is 5.05. The first-order valence-corrected chi connectivity index (χ1v) is 7.00. The summed E-state index contributed by atoms with van der Waals surface area (Å²) >= 11 is 0. The van der Waals surface area contributed by atoms with E-state index in [1.807, 2.05) is 18.3 Å². The average Bonchev–Trinajstić information content (AvgIpc) is 2.36. The fourth-order valence-electron chi connectivity index (χ4n) is 1.68. The lowest BCUT2D eigenvalue weighted by molar-refractivity contribution is 0.296. The largest absolute Gasteiger partial charge is 0.492 e. The molecule has 0 aliphatic heterocycles. The number of nitrogens with zero attached hydrogens (tertiary/aromatic N) is 1. The van der Waals surface area contributed by atoms with Crippen LogP contribution in [-0.4, -0.2) is 18.1 Å². The zero-order valence-electron chi connectivity index (χ0n) is 11.9. The summed E-state index contributed by atoms with van der Waals surface area (Å²) < 4.78 is 5.65. The molecule has 0 aromatic carbocycles. The first kappa shape index (κ1) is 15.0. The van der Waals surface area contributed by atoms with Crippen LogP contribution < -0.4 is 10.1 Å². The third-order valence-corrected chi connectivity index (χ3v) is 2.73. The molecule has 0 aliphatic rings. The van der Waals surface area contributed by atoms with Crippen molar-refractivity contribution in [3.63, 3.8) is 0 Å². The van der Waals surface area contributed by atoms with Crippen molar-refractivity contribution in [3.05, 3.63) is 24.0 Å². The van der Waals surface area contributed by atoms with E-state index < -0.39 is 0 Å². The lowest BCUT2D eigenvalue weighted by atomic mass is 10.1. The average molecular weight is 250 g/mol. The third kappa shape index (κ3) is 6.60. The Labute approximate surface area is 111 Å². The number of aromatic nitrogens is 1. The van der Waals surface area contributed by atoms with Gasteiger partial charge in [-0.15, -0.1) is 0 Å². The third-order valence-electron chi connectivity index (χ3n) is 2.73. The van der Waals surface area contributed by atoms with Gasteiger partial charge in [-0.2, -0.15) is 0 Å². The maximum absolute atomic E-state index is 5.65. The summed E-state index contributed by atoms with van der Waals surface area (Å²) in [4.78, 5) is 4.38. The van der Waals surface area contributed by atoms with E-state index in [2.05, 4.69) is 31.1 Å². The molecular formula is C15H26N2O. The minimum Gasteiger partial charge on any atom is -0.492 e. The van der Waals surface area contributed by atoms with E-state index in [4.69, 9.17) is 4.74 Å². The van der Waals surface area contributed by atoms with Crippen molar-refractivity contribution in [3.8, 4) is 5.75 Å². The highest BCUT2D eigenvalue weighted by Crippen LogP contribution is 2.11. The van der Waals surface area contributed by atoms with Gasteiger partial charge in [-0.1, -0.05) is 20.8 Å². The number of nitrogens with one attached hydrogen (secondary N) is 1. The molecule has 0 bridgehead atoms. The Kier molecular flexibility index (Phi) is 7.42. The van der Waals surface area contributed by atoms with E-state index in [9.17, 15) is 0 Å². The molecule has 3 heteroatoms. The van der Waals surface area contributed by atoms with Gasteiger partial charge in [-0.05, 0) is 43.9 Å². The van der Waals surface area contributed by atoms with E-state index in [0.29, 0.717) is 0 Å². The molecule has 1 rings (SSSR count). The second-order valence-corrected chi connectivity index (χ2v) is 5.05. The summed E-state index contributed by atoms with van der Waals surface area (Å²) in [5, 5.41) is 3.33. The van der Waals surface area contributed by atoms with Gasteiger partial charge in [0.1, 0.15) is 5.75 Å². The zero-order valence-corrected chi connectivity index (χ0v) is 11.9. The van der Waals surface area contributed by atoms with Crippen molar-refractivity contribution >= 4 is 0 Å². The molecule has 0 unspecified atom stereocenters. The van der Waals surface area contributed by atoms with Crippen LogP contribution in [0.5, 0.6) is 5.75 Å². The zero-order chi connectivity index (χ0) is 13.2. The van der Waals surface area contributed by atoms with E-state index in [1.54, 1.807) is 0 Å². The first-order chi connectivity index (χ1) is 8.72. The monoisotopic (exact) mass is 250 g/mol. The Hall–Kier alpha value is -1.09. The predicted molar refractivity (Wildman–Crippen MR) is 75.8 cm³/mol.